The molecule has 0 aliphatic heterocycles. The zero-order valence-electron chi connectivity index (χ0n) is 10.3. The molecule has 4 nitrogen and oxygen atoms in total. The Kier molecular flexibility index (Phi) is 3.37. The molecule has 0 aliphatic rings. The molecule has 0 bridgehead atoms. The first-order valence-corrected chi connectivity index (χ1v) is 5.63. The van der Waals surface area contributed by atoms with Crippen LogP contribution in [0.15, 0.2) is 36.4 Å². The maximum absolute atomic E-state index is 12.9. The van der Waals surface area contributed by atoms with E-state index in [0.717, 1.165) is 0 Å². The van der Waals surface area contributed by atoms with Crippen LogP contribution in [0.25, 0.3) is 0 Å². The first-order valence-electron chi connectivity index (χ1n) is 5.63. The highest BCUT2D eigenvalue weighted by Crippen LogP contribution is 2.22. The second-order valence-electron chi connectivity index (χ2n) is 4.19. The maximum Gasteiger partial charge on any atom is 0.255 e. The van der Waals surface area contributed by atoms with Crippen molar-refractivity contribution in [3.63, 3.8) is 0 Å². The standard InChI is InChI=1S/C14H13FN2O2/c1-8-6-10(15)3-5-12(8)17-14(19)9-2-4-11(16)13(18)7-9/h2-7,18H,16H2,1H3,(H,17,19). The molecule has 2 aromatic rings. The molecule has 5 heteroatoms. The molecule has 1 amide bonds. The predicted molar refractivity (Wildman–Crippen MR) is 71.6 cm³/mol. The predicted octanol–water partition coefficient (Wildman–Crippen LogP) is 2.67. The van der Waals surface area contributed by atoms with Gasteiger partial charge in [0.2, 0.25) is 0 Å². The number of halogens is 1. The highest BCUT2D eigenvalue weighted by atomic mass is 19.1. The Bertz CT molecular complexity index is 641. The van der Waals surface area contributed by atoms with Crippen molar-refractivity contribution in [1.29, 1.82) is 0 Å². The Morgan fingerprint density at radius 3 is 2.63 bits per heavy atom. The van der Waals surface area contributed by atoms with Crippen LogP contribution in [0.2, 0.25) is 0 Å². The van der Waals surface area contributed by atoms with Crippen molar-refractivity contribution in [2.75, 3.05) is 11.1 Å². The number of nitrogens with one attached hydrogen (secondary N) is 1. The van der Waals surface area contributed by atoms with E-state index >= 15 is 0 Å². The number of nitrogens with two attached hydrogens (primary N) is 1. The van der Waals surface area contributed by atoms with Gasteiger partial charge in [-0.05, 0) is 48.9 Å². The molecule has 0 saturated carbocycles. The zero-order chi connectivity index (χ0) is 14.0. The molecule has 0 fully saturated rings. The van der Waals surface area contributed by atoms with E-state index in [4.69, 9.17) is 5.73 Å². The first-order chi connectivity index (χ1) is 8.97. The van der Waals surface area contributed by atoms with Gasteiger partial charge in [-0.3, -0.25) is 4.79 Å². The monoisotopic (exact) mass is 260 g/mol. The number of carbonyl (C=O) groups excluding carboxylic acids is 1. The SMILES string of the molecule is Cc1cc(F)ccc1NC(=O)c1ccc(N)c(O)c1. The van der Waals surface area contributed by atoms with Gasteiger partial charge in [0, 0.05) is 11.3 Å². The third-order valence-electron chi connectivity index (χ3n) is 2.73. The van der Waals surface area contributed by atoms with Crippen LogP contribution in [0, 0.1) is 12.7 Å². The lowest BCUT2D eigenvalue weighted by atomic mass is 10.1. The number of aryl methyl sites for hydroxylation is 1. The molecule has 0 atom stereocenters. The van der Waals surface area contributed by atoms with Crippen molar-refractivity contribution in [3.05, 3.63) is 53.3 Å². The number of phenolic OH excluding ortho intramolecular Hbond substituents is 1. The summed E-state index contributed by atoms with van der Waals surface area (Å²) in [6, 6.07) is 8.31. The number of rotatable bonds is 2. The minimum absolute atomic E-state index is 0.150. The van der Waals surface area contributed by atoms with Crippen molar-refractivity contribution in [3.8, 4) is 5.75 Å². The molecular formula is C14H13FN2O2. The Labute approximate surface area is 109 Å². The normalized spacial score (nSPS) is 10.2. The summed E-state index contributed by atoms with van der Waals surface area (Å²) in [7, 11) is 0. The van der Waals surface area contributed by atoms with Crippen LogP contribution in [0.3, 0.4) is 0 Å². The summed E-state index contributed by atoms with van der Waals surface area (Å²) >= 11 is 0. The minimum Gasteiger partial charge on any atom is -0.506 e. The van der Waals surface area contributed by atoms with Gasteiger partial charge in [-0.15, -0.1) is 0 Å². The van der Waals surface area contributed by atoms with E-state index in [0.29, 0.717) is 11.3 Å². The molecular weight excluding hydrogens is 247 g/mol. The molecule has 98 valence electrons. The van der Waals surface area contributed by atoms with Crippen LogP contribution in [0.4, 0.5) is 15.8 Å². The van der Waals surface area contributed by atoms with Crippen LogP contribution >= 0.6 is 0 Å². The number of hydrogen-bond acceptors (Lipinski definition) is 3. The van der Waals surface area contributed by atoms with Crippen molar-refractivity contribution < 1.29 is 14.3 Å². The van der Waals surface area contributed by atoms with Crippen molar-refractivity contribution in [2.24, 2.45) is 0 Å². The van der Waals surface area contributed by atoms with Gasteiger partial charge in [-0.25, -0.2) is 4.39 Å². The lowest BCUT2D eigenvalue weighted by molar-refractivity contribution is 0.102. The molecule has 0 unspecified atom stereocenters. The van der Waals surface area contributed by atoms with E-state index in [1.165, 1.54) is 36.4 Å². The maximum atomic E-state index is 12.9. The van der Waals surface area contributed by atoms with Gasteiger partial charge < -0.3 is 16.2 Å². The molecule has 0 aromatic heterocycles. The van der Waals surface area contributed by atoms with Gasteiger partial charge in [0.25, 0.3) is 5.91 Å². The lowest BCUT2D eigenvalue weighted by Gasteiger charge is -2.09. The smallest absolute Gasteiger partial charge is 0.255 e. The minimum atomic E-state index is -0.398. The number of phenols is 1. The highest BCUT2D eigenvalue weighted by Gasteiger charge is 2.10. The molecule has 2 rings (SSSR count). The highest BCUT2D eigenvalue weighted by molar-refractivity contribution is 6.05. The fourth-order valence-electron chi connectivity index (χ4n) is 1.65. The van der Waals surface area contributed by atoms with Crippen LogP contribution in [0.1, 0.15) is 15.9 Å². The van der Waals surface area contributed by atoms with Crippen LogP contribution in [-0.2, 0) is 0 Å². The van der Waals surface area contributed by atoms with Crippen LogP contribution in [-0.4, -0.2) is 11.0 Å². The number of hydrogen-bond donors (Lipinski definition) is 3. The quantitative estimate of drug-likeness (QED) is 0.574. The third kappa shape index (κ3) is 2.82. The van der Waals surface area contributed by atoms with E-state index < -0.39 is 5.91 Å². The summed E-state index contributed by atoms with van der Waals surface area (Å²) in [4.78, 5) is 12.0. The Balaban J connectivity index is 2.23. The number of carbonyl (C=O) groups is 1. The molecule has 0 aliphatic carbocycles. The number of amides is 1. The number of aromatic hydroxyl groups is 1. The van der Waals surface area contributed by atoms with E-state index in [1.54, 1.807) is 6.92 Å². The Morgan fingerprint density at radius 1 is 1.26 bits per heavy atom. The van der Waals surface area contributed by atoms with Crippen molar-refractivity contribution in [2.45, 2.75) is 6.92 Å². The average Bonchev–Trinajstić information content (AvgIpc) is 2.36. The number of anilines is 2. The van der Waals surface area contributed by atoms with E-state index in [1.807, 2.05) is 0 Å². The Hall–Kier alpha value is -2.56. The van der Waals surface area contributed by atoms with Crippen molar-refractivity contribution >= 4 is 17.3 Å². The summed E-state index contributed by atoms with van der Waals surface area (Å²) in [5.74, 6) is -0.908. The van der Waals surface area contributed by atoms with E-state index in [9.17, 15) is 14.3 Å². The second kappa shape index (κ2) is 4.97. The Morgan fingerprint density at radius 2 is 2.00 bits per heavy atom. The summed E-state index contributed by atoms with van der Waals surface area (Å²) in [5.41, 5.74) is 7.07. The molecule has 0 radical (unpaired) electrons. The second-order valence-corrected chi connectivity index (χ2v) is 4.19. The topological polar surface area (TPSA) is 75.4 Å². The van der Waals surface area contributed by atoms with Gasteiger partial charge >= 0.3 is 0 Å². The summed E-state index contributed by atoms with van der Waals surface area (Å²) in [6.07, 6.45) is 0. The molecule has 0 saturated heterocycles. The van der Waals surface area contributed by atoms with Gasteiger partial charge in [-0.2, -0.15) is 0 Å². The van der Waals surface area contributed by atoms with Gasteiger partial charge in [0.15, 0.2) is 0 Å². The van der Waals surface area contributed by atoms with Crippen molar-refractivity contribution in [1.82, 2.24) is 0 Å². The number of nitrogen functional groups attached to an aromatic ring is 1. The van der Waals surface area contributed by atoms with Crippen LogP contribution in [0.5, 0.6) is 5.75 Å². The van der Waals surface area contributed by atoms with E-state index in [2.05, 4.69) is 5.32 Å². The molecule has 0 spiro atoms. The fourth-order valence-corrected chi connectivity index (χ4v) is 1.65. The molecule has 4 N–H and O–H groups in total. The fraction of sp³-hybridized carbons (Fsp3) is 0.0714. The molecule has 19 heavy (non-hydrogen) atoms. The van der Waals surface area contributed by atoms with Gasteiger partial charge in [-0.1, -0.05) is 0 Å². The van der Waals surface area contributed by atoms with Gasteiger partial charge in [0.1, 0.15) is 11.6 Å². The summed E-state index contributed by atoms with van der Waals surface area (Å²) in [6.45, 7) is 1.69. The van der Waals surface area contributed by atoms with Crippen LogP contribution < -0.4 is 11.1 Å². The number of benzene rings is 2. The summed E-state index contributed by atoms with van der Waals surface area (Å²) < 4.78 is 12.9. The van der Waals surface area contributed by atoms with Gasteiger partial charge in [0.05, 0.1) is 5.69 Å². The molecule has 2 aromatic carbocycles. The summed E-state index contributed by atoms with van der Waals surface area (Å²) in [5, 5.41) is 12.1. The first kappa shape index (κ1) is 12.9. The third-order valence-corrected chi connectivity index (χ3v) is 2.73. The van der Waals surface area contributed by atoms with E-state index in [-0.39, 0.29) is 22.8 Å². The zero-order valence-corrected chi connectivity index (χ0v) is 10.3. The molecule has 0 heterocycles. The average molecular weight is 260 g/mol. The lowest BCUT2D eigenvalue weighted by Crippen LogP contribution is -2.12. The largest absolute Gasteiger partial charge is 0.506 e.